The van der Waals surface area contributed by atoms with E-state index in [4.69, 9.17) is 0 Å². The van der Waals surface area contributed by atoms with Crippen molar-refractivity contribution in [2.45, 2.75) is 23.4 Å². The largest absolute Gasteiger partial charge is 0.330 e. The minimum Gasteiger partial charge on any atom is -0.330 e. The third-order valence-corrected chi connectivity index (χ3v) is 5.77. The van der Waals surface area contributed by atoms with Crippen LogP contribution in [0, 0.1) is 5.82 Å². The van der Waals surface area contributed by atoms with Crippen LogP contribution in [0.1, 0.15) is 13.8 Å². The number of hydrogen-bond donors (Lipinski definition) is 1. The van der Waals surface area contributed by atoms with Gasteiger partial charge < -0.3 is 10.2 Å². The summed E-state index contributed by atoms with van der Waals surface area (Å²) in [6.45, 7) is 4.41. The highest BCUT2D eigenvalue weighted by atomic mass is 32.2. The van der Waals surface area contributed by atoms with Crippen molar-refractivity contribution in [3.05, 3.63) is 60.4 Å². The van der Waals surface area contributed by atoms with E-state index >= 15 is 0 Å². The molecular formula is C19H19FN4OS2. The van der Waals surface area contributed by atoms with E-state index in [2.05, 4.69) is 15.5 Å². The molecule has 1 N–H and O–H groups in total. The van der Waals surface area contributed by atoms with Gasteiger partial charge in [-0.2, -0.15) is 0 Å². The maximum Gasteiger partial charge on any atom is 0.240 e. The monoisotopic (exact) mass is 402 g/mol. The van der Waals surface area contributed by atoms with E-state index in [1.807, 2.05) is 44.2 Å². The molecule has 0 saturated carbocycles. The van der Waals surface area contributed by atoms with Crippen LogP contribution in [0.25, 0.3) is 0 Å². The summed E-state index contributed by atoms with van der Waals surface area (Å²) < 4.78 is 13.9. The van der Waals surface area contributed by atoms with Crippen LogP contribution >= 0.6 is 23.1 Å². The Morgan fingerprint density at radius 3 is 2.70 bits per heavy atom. The zero-order valence-corrected chi connectivity index (χ0v) is 16.6. The van der Waals surface area contributed by atoms with Gasteiger partial charge in [-0.15, -0.1) is 10.2 Å². The van der Waals surface area contributed by atoms with Crippen LogP contribution in [0.15, 0.2) is 58.9 Å². The Morgan fingerprint density at radius 2 is 2.00 bits per heavy atom. The highest BCUT2D eigenvalue weighted by Crippen LogP contribution is 2.31. The van der Waals surface area contributed by atoms with Crippen molar-refractivity contribution in [2.75, 3.05) is 16.8 Å². The van der Waals surface area contributed by atoms with E-state index in [9.17, 15) is 9.18 Å². The van der Waals surface area contributed by atoms with Gasteiger partial charge >= 0.3 is 0 Å². The Balaban J connectivity index is 1.64. The van der Waals surface area contributed by atoms with Crippen molar-refractivity contribution in [3.63, 3.8) is 0 Å². The second-order valence-electron chi connectivity index (χ2n) is 5.69. The lowest BCUT2D eigenvalue weighted by Crippen LogP contribution is -2.36. The van der Waals surface area contributed by atoms with Gasteiger partial charge in [-0.05, 0) is 44.2 Å². The molecule has 0 aliphatic heterocycles. The number of benzene rings is 2. The van der Waals surface area contributed by atoms with Crippen LogP contribution in [0.3, 0.4) is 0 Å². The van der Waals surface area contributed by atoms with Gasteiger partial charge in [-0.25, -0.2) is 4.39 Å². The molecular weight excluding hydrogens is 383 g/mol. The normalized spacial score (nSPS) is 11.8. The fraction of sp³-hybridized carbons (Fsp3) is 0.211. The molecule has 5 nitrogen and oxygen atoms in total. The maximum absolute atomic E-state index is 13.3. The first kappa shape index (κ1) is 19.3. The van der Waals surface area contributed by atoms with E-state index in [0.29, 0.717) is 21.7 Å². The number of amides is 1. The smallest absolute Gasteiger partial charge is 0.240 e. The summed E-state index contributed by atoms with van der Waals surface area (Å²) in [6.07, 6.45) is 0. The van der Waals surface area contributed by atoms with Crippen LogP contribution in [-0.4, -0.2) is 27.9 Å². The first-order valence-corrected chi connectivity index (χ1v) is 10.2. The van der Waals surface area contributed by atoms with Gasteiger partial charge in [0, 0.05) is 17.9 Å². The molecule has 0 unspecified atom stereocenters. The average molecular weight is 403 g/mol. The second-order valence-corrected chi connectivity index (χ2v) is 8.25. The molecule has 0 aliphatic carbocycles. The summed E-state index contributed by atoms with van der Waals surface area (Å²) >= 11 is 2.70. The molecule has 1 amide bonds. The Morgan fingerprint density at radius 1 is 1.22 bits per heavy atom. The summed E-state index contributed by atoms with van der Waals surface area (Å²) in [5.41, 5.74) is 1.48. The second kappa shape index (κ2) is 8.96. The summed E-state index contributed by atoms with van der Waals surface area (Å²) in [6, 6.07) is 15.7. The molecule has 27 heavy (non-hydrogen) atoms. The van der Waals surface area contributed by atoms with Crippen molar-refractivity contribution in [2.24, 2.45) is 0 Å². The van der Waals surface area contributed by atoms with Crippen molar-refractivity contribution < 1.29 is 9.18 Å². The van der Waals surface area contributed by atoms with Crippen molar-refractivity contribution in [1.29, 1.82) is 0 Å². The number of para-hydroxylation sites is 1. The lowest BCUT2D eigenvalue weighted by Gasteiger charge is -2.23. The van der Waals surface area contributed by atoms with Crippen LogP contribution in [0.5, 0.6) is 0 Å². The van der Waals surface area contributed by atoms with Crippen LogP contribution < -0.4 is 10.2 Å². The number of anilines is 3. The molecule has 0 aliphatic rings. The number of carbonyl (C=O) groups excluding carboxylic acids is 1. The number of rotatable bonds is 7. The third-order valence-electron chi connectivity index (χ3n) is 3.76. The average Bonchev–Trinajstić information content (AvgIpc) is 3.10. The lowest BCUT2D eigenvalue weighted by molar-refractivity contribution is -0.117. The standard InChI is InChI=1S/C19H19FN4OS2/c1-3-24(16-10-5-4-6-11-16)17(25)13(2)26-19-23-22-18(27-19)21-15-9-7-8-14(20)12-15/h4-13H,3H2,1-2H3,(H,21,22)/t13-/m0/s1. The predicted molar refractivity (Wildman–Crippen MR) is 109 cm³/mol. The molecule has 0 saturated heterocycles. The van der Waals surface area contributed by atoms with Crippen molar-refractivity contribution in [1.82, 2.24) is 10.2 Å². The van der Waals surface area contributed by atoms with E-state index in [0.717, 1.165) is 5.69 Å². The van der Waals surface area contributed by atoms with Crippen LogP contribution in [0.4, 0.5) is 20.9 Å². The summed E-state index contributed by atoms with van der Waals surface area (Å²) in [4.78, 5) is 14.6. The number of nitrogens with zero attached hydrogens (tertiary/aromatic N) is 3. The number of aromatic nitrogens is 2. The zero-order chi connectivity index (χ0) is 19.2. The van der Waals surface area contributed by atoms with E-state index < -0.39 is 0 Å². The van der Waals surface area contributed by atoms with Crippen molar-refractivity contribution >= 4 is 45.5 Å². The van der Waals surface area contributed by atoms with Gasteiger partial charge in [-0.1, -0.05) is 47.4 Å². The lowest BCUT2D eigenvalue weighted by atomic mass is 10.2. The minimum absolute atomic E-state index is 0.0172. The highest BCUT2D eigenvalue weighted by molar-refractivity contribution is 8.02. The van der Waals surface area contributed by atoms with Crippen molar-refractivity contribution in [3.8, 4) is 0 Å². The number of halogens is 1. The Labute approximate surface area is 165 Å². The van der Waals surface area contributed by atoms with Crippen LogP contribution in [-0.2, 0) is 4.79 Å². The number of hydrogen-bond acceptors (Lipinski definition) is 6. The minimum atomic E-state index is -0.320. The molecule has 0 bridgehead atoms. The highest BCUT2D eigenvalue weighted by Gasteiger charge is 2.23. The van der Waals surface area contributed by atoms with Gasteiger partial charge in [0.15, 0.2) is 4.34 Å². The van der Waals surface area contributed by atoms with Gasteiger partial charge in [0.05, 0.1) is 5.25 Å². The molecule has 1 aromatic heterocycles. The SMILES string of the molecule is CCN(C(=O)[C@H](C)Sc1nnc(Nc2cccc(F)c2)s1)c1ccccc1. The van der Waals surface area contributed by atoms with Gasteiger partial charge in [-0.3, -0.25) is 4.79 Å². The van der Waals surface area contributed by atoms with Gasteiger partial charge in [0.2, 0.25) is 11.0 Å². The molecule has 1 heterocycles. The first-order valence-electron chi connectivity index (χ1n) is 8.46. The molecule has 3 aromatic rings. The number of thioether (sulfide) groups is 1. The molecule has 3 rings (SSSR count). The maximum atomic E-state index is 13.3. The predicted octanol–water partition coefficient (Wildman–Crippen LogP) is 4.95. The molecule has 0 spiro atoms. The summed E-state index contributed by atoms with van der Waals surface area (Å²) in [5.74, 6) is -0.303. The molecule has 8 heteroatoms. The number of nitrogens with one attached hydrogen (secondary N) is 1. The summed E-state index contributed by atoms with van der Waals surface area (Å²) in [5, 5.41) is 11.5. The zero-order valence-electron chi connectivity index (χ0n) is 14.9. The molecule has 140 valence electrons. The van der Waals surface area contributed by atoms with Crippen LogP contribution in [0.2, 0.25) is 0 Å². The fourth-order valence-electron chi connectivity index (χ4n) is 2.49. The molecule has 0 radical (unpaired) electrons. The Hall–Kier alpha value is -2.45. The molecule has 1 atom stereocenters. The summed E-state index contributed by atoms with van der Waals surface area (Å²) in [7, 11) is 0. The third kappa shape index (κ3) is 5.05. The van der Waals surface area contributed by atoms with E-state index in [1.165, 1.54) is 35.2 Å². The van der Waals surface area contributed by atoms with Gasteiger partial charge in [0.1, 0.15) is 5.82 Å². The van der Waals surface area contributed by atoms with E-state index in [-0.39, 0.29) is 17.0 Å². The topological polar surface area (TPSA) is 58.1 Å². The van der Waals surface area contributed by atoms with Gasteiger partial charge in [0.25, 0.3) is 0 Å². The molecule has 0 fully saturated rings. The first-order chi connectivity index (χ1) is 13.1. The Kier molecular flexibility index (Phi) is 6.41. The number of carbonyl (C=O) groups is 1. The van der Waals surface area contributed by atoms with E-state index in [1.54, 1.807) is 17.0 Å². The fourth-order valence-corrected chi connectivity index (χ4v) is 4.47. The molecule has 2 aromatic carbocycles. The quantitative estimate of drug-likeness (QED) is 0.567. The Bertz CT molecular complexity index is 903.